The van der Waals surface area contributed by atoms with Gasteiger partial charge in [-0.1, -0.05) is 6.07 Å². The maximum absolute atomic E-state index is 11.7. The predicted octanol–water partition coefficient (Wildman–Crippen LogP) is 2.27. The van der Waals surface area contributed by atoms with Gasteiger partial charge in [0.15, 0.2) is 0 Å². The molecule has 0 fully saturated rings. The smallest absolute Gasteiger partial charge is 0.271 e. The van der Waals surface area contributed by atoms with Crippen molar-refractivity contribution in [3.63, 3.8) is 0 Å². The van der Waals surface area contributed by atoms with Gasteiger partial charge in [-0.2, -0.15) is 0 Å². The van der Waals surface area contributed by atoms with Crippen LogP contribution in [0.5, 0.6) is 0 Å². The highest BCUT2D eigenvalue weighted by atomic mass is 16.6. The molecule has 0 radical (unpaired) electrons. The first-order valence-electron chi connectivity index (χ1n) is 6.34. The Morgan fingerprint density at radius 3 is 2.63 bits per heavy atom. The molecule has 0 saturated heterocycles. The molecule has 6 heteroatoms. The topological polar surface area (TPSA) is 75.5 Å². The Bertz CT molecular complexity index is 445. The fraction of sp³-hybridized carbons (Fsp3) is 0.462. The summed E-state index contributed by atoms with van der Waals surface area (Å²) in [5.41, 5.74) is 0.696. The summed E-state index contributed by atoms with van der Waals surface area (Å²) in [7, 11) is 0. The summed E-state index contributed by atoms with van der Waals surface area (Å²) < 4.78 is 0. The molecule has 1 rings (SSSR count). The fourth-order valence-corrected chi connectivity index (χ4v) is 1.78. The molecule has 1 N–H and O–H groups in total. The fourth-order valence-electron chi connectivity index (χ4n) is 1.78. The van der Waals surface area contributed by atoms with Crippen molar-refractivity contribution < 1.29 is 9.72 Å². The van der Waals surface area contributed by atoms with Crippen molar-refractivity contribution in [3.8, 4) is 0 Å². The summed E-state index contributed by atoms with van der Waals surface area (Å²) in [6.45, 7) is 5.75. The summed E-state index contributed by atoms with van der Waals surface area (Å²) >= 11 is 0. The number of hydrogen-bond donors (Lipinski definition) is 1. The van der Waals surface area contributed by atoms with Gasteiger partial charge in [-0.25, -0.2) is 0 Å². The first kappa shape index (κ1) is 14.9. The summed E-state index contributed by atoms with van der Waals surface area (Å²) in [5, 5.41) is 13.6. The lowest BCUT2D eigenvalue weighted by atomic mass is 10.2. The van der Waals surface area contributed by atoms with Crippen molar-refractivity contribution in [2.24, 2.45) is 0 Å². The molecular weight excluding hydrogens is 246 g/mol. The SMILES string of the molecule is CCN(CC)C(=O)CCNc1cccc([N+](=O)[O-])c1. The van der Waals surface area contributed by atoms with Crippen molar-refractivity contribution >= 4 is 17.3 Å². The van der Waals surface area contributed by atoms with Gasteiger partial charge in [0, 0.05) is 43.9 Å². The Labute approximate surface area is 112 Å². The highest BCUT2D eigenvalue weighted by Gasteiger charge is 2.09. The lowest BCUT2D eigenvalue weighted by Crippen LogP contribution is -2.31. The summed E-state index contributed by atoms with van der Waals surface area (Å²) in [4.78, 5) is 23.7. The quantitative estimate of drug-likeness (QED) is 0.606. The molecule has 0 aliphatic rings. The van der Waals surface area contributed by atoms with Gasteiger partial charge >= 0.3 is 0 Å². The summed E-state index contributed by atoms with van der Waals surface area (Å²) in [6.07, 6.45) is 0.379. The monoisotopic (exact) mass is 265 g/mol. The van der Waals surface area contributed by atoms with E-state index < -0.39 is 4.92 Å². The van der Waals surface area contributed by atoms with Gasteiger partial charge in [0.05, 0.1) is 4.92 Å². The molecule has 0 atom stereocenters. The highest BCUT2D eigenvalue weighted by molar-refractivity contribution is 5.76. The highest BCUT2D eigenvalue weighted by Crippen LogP contribution is 2.16. The molecule has 6 nitrogen and oxygen atoms in total. The molecule has 0 aliphatic heterocycles. The van der Waals surface area contributed by atoms with Gasteiger partial charge in [-0.3, -0.25) is 14.9 Å². The van der Waals surface area contributed by atoms with E-state index in [1.807, 2.05) is 13.8 Å². The number of nitro benzene ring substituents is 1. The molecule has 0 saturated carbocycles. The lowest BCUT2D eigenvalue weighted by molar-refractivity contribution is -0.384. The average molecular weight is 265 g/mol. The van der Waals surface area contributed by atoms with Crippen LogP contribution in [-0.2, 0) is 4.79 Å². The first-order chi connectivity index (χ1) is 9.08. The van der Waals surface area contributed by atoms with E-state index in [1.54, 1.807) is 17.0 Å². The van der Waals surface area contributed by atoms with Gasteiger partial charge < -0.3 is 10.2 Å². The van der Waals surface area contributed by atoms with E-state index in [4.69, 9.17) is 0 Å². The third-order valence-corrected chi connectivity index (χ3v) is 2.84. The molecule has 104 valence electrons. The van der Waals surface area contributed by atoms with E-state index in [0.717, 1.165) is 0 Å². The summed E-state index contributed by atoms with van der Waals surface area (Å²) in [6, 6.07) is 6.26. The average Bonchev–Trinajstić information content (AvgIpc) is 2.40. The molecule has 0 aromatic heterocycles. The van der Waals surface area contributed by atoms with Crippen LogP contribution in [0.3, 0.4) is 0 Å². The van der Waals surface area contributed by atoms with E-state index in [-0.39, 0.29) is 11.6 Å². The number of anilines is 1. The number of nitro groups is 1. The van der Waals surface area contributed by atoms with Crippen LogP contribution in [0.1, 0.15) is 20.3 Å². The van der Waals surface area contributed by atoms with E-state index in [0.29, 0.717) is 31.7 Å². The molecule has 1 aromatic rings. The second-order valence-corrected chi connectivity index (χ2v) is 4.05. The largest absolute Gasteiger partial charge is 0.384 e. The van der Waals surface area contributed by atoms with Crippen molar-refractivity contribution in [2.45, 2.75) is 20.3 Å². The molecular formula is C13H19N3O3. The maximum atomic E-state index is 11.7. The zero-order chi connectivity index (χ0) is 14.3. The molecule has 0 unspecified atom stereocenters. The van der Waals surface area contributed by atoms with Crippen molar-refractivity contribution in [2.75, 3.05) is 25.0 Å². The standard InChI is InChI=1S/C13H19N3O3/c1-3-15(4-2)13(17)8-9-14-11-6-5-7-12(10-11)16(18)19/h5-7,10,14H,3-4,8-9H2,1-2H3. The minimum atomic E-state index is -0.438. The number of nitrogens with zero attached hydrogens (tertiary/aromatic N) is 2. The Morgan fingerprint density at radius 1 is 1.37 bits per heavy atom. The molecule has 0 spiro atoms. The van der Waals surface area contributed by atoms with Crippen LogP contribution in [-0.4, -0.2) is 35.4 Å². The molecule has 1 amide bonds. The van der Waals surface area contributed by atoms with Crippen molar-refractivity contribution in [1.29, 1.82) is 0 Å². The van der Waals surface area contributed by atoms with E-state index in [1.165, 1.54) is 12.1 Å². The second-order valence-electron chi connectivity index (χ2n) is 4.05. The number of amides is 1. The van der Waals surface area contributed by atoms with Gasteiger partial charge in [-0.15, -0.1) is 0 Å². The zero-order valence-electron chi connectivity index (χ0n) is 11.3. The van der Waals surface area contributed by atoms with Gasteiger partial charge in [0.1, 0.15) is 0 Å². The number of non-ortho nitro benzene ring substituents is 1. The molecule has 0 bridgehead atoms. The van der Waals surface area contributed by atoms with E-state index in [9.17, 15) is 14.9 Å². The third-order valence-electron chi connectivity index (χ3n) is 2.84. The molecule has 19 heavy (non-hydrogen) atoms. The number of carbonyl (C=O) groups excluding carboxylic acids is 1. The van der Waals surface area contributed by atoms with E-state index in [2.05, 4.69) is 5.32 Å². The van der Waals surface area contributed by atoms with Crippen molar-refractivity contribution in [1.82, 2.24) is 4.90 Å². The minimum Gasteiger partial charge on any atom is -0.384 e. The van der Waals surface area contributed by atoms with Crippen LogP contribution in [0.15, 0.2) is 24.3 Å². The van der Waals surface area contributed by atoms with Gasteiger partial charge in [0.25, 0.3) is 5.69 Å². The number of rotatable bonds is 7. The first-order valence-corrected chi connectivity index (χ1v) is 6.34. The van der Waals surface area contributed by atoms with Crippen LogP contribution in [0, 0.1) is 10.1 Å². The third kappa shape index (κ3) is 4.57. The van der Waals surface area contributed by atoms with Crippen LogP contribution >= 0.6 is 0 Å². The number of hydrogen-bond acceptors (Lipinski definition) is 4. The maximum Gasteiger partial charge on any atom is 0.271 e. The predicted molar refractivity (Wildman–Crippen MR) is 74.1 cm³/mol. The zero-order valence-corrected chi connectivity index (χ0v) is 11.3. The van der Waals surface area contributed by atoms with Crippen LogP contribution in [0.4, 0.5) is 11.4 Å². The van der Waals surface area contributed by atoms with Crippen LogP contribution < -0.4 is 5.32 Å². The van der Waals surface area contributed by atoms with Gasteiger partial charge in [-0.05, 0) is 19.9 Å². The van der Waals surface area contributed by atoms with Crippen LogP contribution in [0.2, 0.25) is 0 Å². The molecule has 0 heterocycles. The molecule has 1 aromatic carbocycles. The van der Waals surface area contributed by atoms with E-state index >= 15 is 0 Å². The number of benzene rings is 1. The summed E-state index contributed by atoms with van der Waals surface area (Å²) in [5.74, 6) is 0.0860. The normalized spacial score (nSPS) is 10.0. The number of carbonyl (C=O) groups is 1. The number of nitrogens with one attached hydrogen (secondary N) is 1. The second kappa shape index (κ2) is 7.35. The van der Waals surface area contributed by atoms with Crippen molar-refractivity contribution in [3.05, 3.63) is 34.4 Å². The Morgan fingerprint density at radius 2 is 2.05 bits per heavy atom. The van der Waals surface area contributed by atoms with Gasteiger partial charge in [0.2, 0.25) is 5.91 Å². The Kier molecular flexibility index (Phi) is 5.78. The van der Waals surface area contributed by atoms with Crippen LogP contribution in [0.25, 0.3) is 0 Å². The minimum absolute atomic E-state index is 0.0417. The lowest BCUT2D eigenvalue weighted by Gasteiger charge is -2.18. The Hall–Kier alpha value is -2.11. The molecule has 0 aliphatic carbocycles. The Balaban J connectivity index is 2.47.